The molecular formula is C30H23N3O4. The van der Waals surface area contributed by atoms with Crippen molar-refractivity contribution in [3.05, 3.63) is 66.7 Å². The van der Waals surface area contributed by atoms with Gasteiger partial charge >= 0.3 is 6.01 Å². The van der Waals surface area contributed by atoms with Gasteiger partial charge < -0.3 is 20.1 Å². The standard InChI is InChI=1S/C30H23N3O4/c34-19-14-23(35)27(24(36)15-19)29-31-28(32-30(33-29)37-20-6-1-2-7-20)22-13-11-18-9-8-16-4-3-5-17-10-12-21(22)26(18)25(16)17/h3-5,8-15,20,34-36H,1-2,6-7H2. The molecule has 0 unspecified atom stereocenters. The molecule has 0 radical (unpaired) electrons. The predicted octanol–water partition coefficient (Wildman–Crippen LogP) is 6.54. The van der Waals surface area contributed by atoms with Gasteiger partial charge in [-0.3, -0.25) is 0 Å². The third kappa shape index (κ3) is 3.54. The van der Waals surface area contributed by atoms with E-state index in [1.165, 1.54) is 5.39 Å². The van der Waals surface area contributed by atoms with Crippen LogP contribution in [0.4, 0.5) is 0 Å². The van der Waals surface area contributed by atoms with Crippen LogP contribution >= 0.6 is 0 Å². The van der Waals surface area contributed by atoms with E-state index in [9.17, 15) is 15.3 Å². The second kappa shape index (κ2) is 8.20. The first-order valence-corrected chi connectivity index (χ1v) is 12.4. The average molecular weight is 490 g/mol. The molecule has 0 bridgehead atoms. The van der Waals surface area contributed by atoms with E-state index < -0.39 is 0 Å². The lowest BCUT2D eigenvalue weighted by Crippen LogP contribution is -2.14. The molecule has 7 heteroatoms. The van der Waals surface area contributed by atoms with Crippen LogP contribution in [-0.4, -0.2) is 36.4 Å². The zero-order chi connectivity index (χ0) is 25.1. The van der Waals surface area contributed by atoms with E-state index in [1.807, 2.05) is 6.07 Å². The Bertz CT molecular complexity index is 1770. The predicted molar refractivity (Wildman–Crippen MR) is 142 cm³/mol. The fraction of sp³-hybridized carbons (Fsp3) is 0.167. The van der Waals surface area contributed by atoms with E-state index in [1.54, 1.807) is 0 Å². The molecule has 5 aromatic carbocycles. The molecule has 0 aliphatic heterocycles. The molecule has 3 N–H and O–H groups in total. The summed E-state index contributed by atoms with van der Waals surface area (Å²) in [5, 5.41) is 37.7. The highest BCUT2D eigenvalue weighted by atomic mass is 16.5. The maximum absolute atomic E-state index is 10.6. The summed E-state index contributed by atoms with van der Waals surface area (Å²) < 4.78 is 6.15. The van der Waals surface area contributed by atoms with Crippen LogP contribution in [0.5, 0.6) is 23.3 Å². The van der Waals surface area contributed by atoms with Gasteiger partial charge in [0.2, 0.25) is 0 Å². The van der Waals surface area contributed by atoms with Gasteiger partial charge in [0.05, 0.1) is 0 Å². The van der Waals surface area contributed by atoms with Gasteiger partial charge in [0.1, 0.15) is 28.9 Å². The van der Waals surface area contributed by atoms with Gasteiger partial charge in [0, 0.05) is 17.7 Å². The molecule has 0 spiro atoms. The van der Waals surface area contributed by atoms with Crippen LogP contribution in [0.25, 0.3) is 55.1 Å². The van der Waals surface area contributed by atoms with Gasteiger partial charge in [0.15, 0.2) is 11.6 Å². The van der Waals surface area contributed by atoms with Gasteiger partial charge in [-0.05, 0) is 64.1 Å². The summed E-state index contributed by atoms with van der Waals surface area (Å²) in [7, 11) is 0. The van der Waals surface area contributed by atoms with E-state index >= 15 is 0 Å². The van der Waals surface area contributed by atoms with Crippen LogP contribution in [0.2, 0.25) is 0 Å². The van der Waals surface area contributed by atoms with Crippen molar-refractivity contribution in [3.8, 4) is 46.0 Å². The number of benzene rings is 5. The molecule has 1 aromatic heterocycles. The first kappa shape index (κ1) is 21.6. The minimum absolute atomic E-state index is 0.00599. The third-order valence-corrected chi connectivity index (χ3v) is 7.26. The topological polar surface area (TPSA) is 109 Å². The van der Waals surface area contributed by atoms with Crippen molar-refractivity contribution in [2.45, 2.75) is 31.8 Å². The molecule has 0 saturated heterocycles. The number of hydrogen-bond acceptors (Lipinski definition) is 7. The van der Waals surface area contributed by atoms with E-state index in [0.717, 1.165) is 70.3 Å². The number of phenols is 3. The van der Waals surface area contributed by atoms with Gasteiger partial charge in [-0.1, -0.05) is 48.5 Å². The fourth-order valence-corrected chi connectivity index (χ4v) is 5.55. The molecule has 6 aromatic rings. The first-order chi connectivity index (χ1) is 18.0. The van der Waals surface area contributed by atoms with Crippen LogP contribution in [0.1, 0.15) is 25.7 Å². The van der Waals surface area contributed by atoms with Crippen LogP contribution in [0.3, 0.4) is 0 Å². The Morgan fingerprint density at radius 2 is 1.30 bits per heavy atom. The molecule has 37 heavy (non-hydrogen) atoms. The quantitative estimate of drug-likeness (QED) is 0.241. The molecule has 1 saturated carbocycles. The Balaban J connectivity index is 1.48. The summed E-state index contributed by atoms with van der Waals surface area (Å²) in [5.74, 6) is -0.488. The van der Waals surface area contributed by atoms with E-state index in [2.05, 4.69) is 58.5 Å². The normalized spacial score (nSPS) is 14.3. The van der Waals surface area contributed by atoms with Crippen molar-refractivity contribution in [2.75, 3.05) is 0 Å². The minimum Gasteiger partial charge on any atom is -0.508 e. The van der Waals surface area contributed by atoms with Crippen molar-refractivity contribution in [1.29, 1.82) is 0 Å². The van der Waals surface area contributed by atoms with E-state index in [0.29, 0.717) is 5.82 Å². The number of phenolic OH excluding ortho intramolecular Hbond substituents is 3. The highest BCUT2D eigenvalue weighted by Crippen LogP contribution is 2.42. The molecule has 0 amide bonds. The van der Waals surface area contributed by atoms with Crippen LogP contribution in [0, 0.1) is 0 Å². The molecule has 182 valence electrons. The number of aromatic hydroxyl groups is 3. The van der Waals surface area contributed by atoms with Crippen molar-refractivity contribution >= 4 is 32.3 Å². The van der Waals surface area contributed by atoms with E-state index in [-0.39, 0.29) is 40.8 Å². The molecule has 1 heterocycles. The minimum atomic E-state index is -0.336. The molecule has 7 nitrogen and oxygen atoms in total. The van der Waals surface area contributed by atoms with Gasteiger partial charge in [-0.25, -0.2) is 4.98 Å². The van der Waals surface area contributed by atoms with Crippen LogP contribution in [-0.2, 0) is 0 Å². The lowest BCUT2D eigenvalue weighted by molar-refractivity contribution is 0.192. The molecule has 7 rings (SSSR count). The van der Waals surface area contributed by atoms with Gasteiger partial charge in [0.25, 0.3) is 0 Å². The second-order valence-electron chi connectivity index (χ2n) is 9.62. The van der Waals surface area contributed by atoms with Crippen molar-refractivity contribution < 1.29 is 20.1 Å². The molecule has 0 atom stereocenters. The Labute approximate surface area is 212 Å². The van der Waals surface area contributed by atoms with Crippen molar-refractivity contribution in [3.63, 3.8) is 0 Å². The zero-order valence-corrected chi connectivity index (χ0v) is 19.8. The second-order valence-corrected chi connectivity index (χ2v) is 9.62. The monoisotopic (exact) mass is 489 g/mol. The van der Waals surface area contributed by atoms with Gasteiger partial charge in [-0.2, -0.15) is 9.97 Å². The summed E-state index contributed by atoms with van der Waals surface area (Å²) >= 11 is 0. The maximum Gasteiger partial charge on any atom is 0.320 e. The van der Waals surface area contributed by atoms with Gasteiger partial charge in [-0.15, -0.1) is 0 Å². The smallest absolute Gasteiger partial charge is 0.320 e. The molecule has 1 aliphatic rings. The maximum atomic E-state index is 10.6. The SMILES string of the molecule is Oc1cc(O)c(-c2nc(OC3CCCC3)nc(-c3ccc4ccc5cccc6ccc3c4c56)n2)c(O)c1. The fourth-order valence-electron chi connectivity index (χ4n) is 5.55. The molecule has 1 aliphatic carbocycles. The van der Waals surface area contributed by atoms with Crippen LogP contribution in [0.15, 0.2) is 66.7 Å². The van der Waals surface area contributed by atoms with Crippen molar-refractivity contribution in [1.82, 2.24) is 15.0 Å². The zero-order valence-electron chi connectivity index (χ0n) is 19.8. The summed E-state index contributed by atoms with van der Waals surface area (Å²) in [4.78, 5) is 13.8. The average Bonchev–Trinajstić information content (AvgIpc) is 3.39. The summed E-state index contributed by atoms with van der Waals surface area (Å²) in [6.07, 6.45) is 4.02. The number of ether oxygens (including phenoxy) is 1. The number of rotatable bonds is 4. The summed E-state index contributed by atoms with van der Waals surface area (Å²) in [6.45, 7) is 0. The highest BCUT2D eigenvalue weighted by Gasteiger charge is 2.23. The van der Waals surface area contributed by atoms with Crippen molar-refractivity contribution in [2.24, 2.45) is 0 Å². The Morgan fingerprint density at radius 3 is 2.03 bits per heavy atom. The lowest BCUT2D eigenvalue weighted by Gasteiger charge is -2.16. The summed E-state index contributed by atoms with van der Waals surface area (Å²) in [6, 6.07) is 21.2. The Hall–Kier alpha value is -4.65. The van der Waals surface area contributed by atoms with Crippen LogP contribution < -0.4 is 4.74 Å². The first-order valence-electron chi connectivity index (χ1n) is 12.4. The molecular weight excluding hydrogens is 466 g/mol. The number of aromatic nitrogens is 3. The Morgan fingerprint density at radius 1 is 0.676 bits per heavy atom. The largest absolute Gasteiger partial charge is 0.508 e. The third-order valence-electron chi connectivity index (χ3n) is 7.26. The Kier molecular flexibility index (Phi) is 4.79. The number of hydrogen-bond donors (Lipinski definition) is 3. The molecule has 1 fully saturated rings. The van der Waals surface area contributed by atoms with E-state index in [4.69, 9.17) is 9.72 Å². The lowest BCUT2D eigenvalue weighted by atomic mass is 9.92. The highest BCUT2D eigenvalue weighted by molar-refractivity contribution is 6.25. The number of nitrogens with zero attached hydrogens (tertiary/aromatic N) is 3. The summed E-state index contributed by atoms with van der Waals surface area (Å²) in [5.41, 5.74) is 0.805.